The fourth-order valence-corrected chi connectivity index (χ4v) is 4.51. The van der Waals surface area contributed by atoms with Crippen molar-refractivity contribution >= 4 is 6.08 Å². The van der Waals surface area contributed by atoms with E-state index in [1.54, 1.807) is 6.08 Å². The second-order valence-corrected chi connectivity index (χ2v) is 9.50. The minimum Gasteiger partial charge on any atom is -0.392 e. The maximum atomic E-state index is 9.04. The Hall–Kier alpha value is -1.86. The van der Waals surface area contributed by atoms with Crippen molar-refractivity contribution < 1.29 is 5.11 Å². The van der Waals surface area contributed by atoms with E-state index in [-0.39, 0.29) is 17.4 Å². The second kappa shape index (κ2) is 7.28. The molecule has 0 aromatic heterocycles. The molecule has 1 atom stereocenters. The van der Waals surface area contributed by atoms with Crippen molar-refractivity contribution in [1.29, 1.82) is 0 Å². The van der Waals surface area contributed by atoms with Crippen LogP contribution in [0.3, 0.4) is 0 Å². The summed E-state index contributed by atoms with van der Waals surface area (Å²) in [6.07, 6.45) is 6.27. The lowest BCUT2D eigenvalue weighted by Gasteiger charge is -2.42. The molecule has 0 aliphatic heterocycles. The molecule has 0 radical (unpaired) electrons. The van der Waals surface area contributed by atoms with Gasteiger partial charge in [-0.25, -0.2) is 0 Å². The summed E-state index contributed by atoms with van der Waals surface area (Å²) in [4.78, 5) is 0. The Morgan fingerprint density at radius 3 is 2.26 bits per heavy atom. The van der Waals surface area contributed by atoms with Crippen molar-refractivity contribution in [2.75, 3.05) is 6.61 Å². The maximum Gasteiger partial charge on any atom is 0.0615 e. The third kappa shape index (κ3) is 3.89. The number of fused-ring (bicyclic) bond motifs is 1. The summed E-state index contributed by atoms with van der Waals surface area (Å²) in [5, 5.41) is 9.04. The smallest absolute Gasteiger partial charge is 0.0615 e. The molecular formula is C26H34O. The summed E-state index contributed by atoms with van der Waals surface area (Å²) in [7, 11) is 0. The zero-order valence-electron chi connectivity index (χ0n) is 17.8. The summed E-state index contributed by atoms with van der Waals surface area (Å²) in [5.74, 6) is 0.346. The van der Waals surface area contributed by atoms with Crippen molar-refractivity contribution in [2.24, 2.45) is 0 Å². The van der Waals surface area contributed by atoms with Crippen LogP contribution in [0, 0.1) is 6.92 Å². The molecule has 1 aliphatic carbocycles. The Morgan fingerprint density at radius 2 is 1.63 bits per heavy atom. The molecule has 3 rings (SSSR count). The first kappa shape index (κ1) is 19.9. The fourth-order valence-electron chi connectivity index (χ4n) is 4.51. The van der Waals surface area contributed by atoms with Crippen molar-refractivity contribution in [3.63, 3.8) is 0 Å². The molecule has 144 valence electrons. The summed E-state index contributed by atoms with van der Waals surface area (Å²) in [5.41, 5.74) is 8.85. The van der Waals surface area contributed by atoms with Crippen LogP contribution in [0.4, 0.5) is 0 Å². The van der Waals surface area contributed by atoms with Crippen LogP contribution in [0.1, 0.15) is 86.8 Å². The Bertz CT molecular complexity index is 855. The molecule has 1 unspecified atom stereocenters. The quantitative estimate of drug-likeness (QED) is 0.658. The SMILES string of the molecule is Cc1cc2c(cc1C(C)c1cccc(/C=C/CO)c1)C(C)(C)CCC2(C)C. The molecule has 1 aliphatic rings. The van der Waals surface area contributed by atoms with Crippen molar-refractivity contribution in [3.8, 4) is 0 Å². The summed E-state index contributed by atoms with van der Waals surface area (Å²) in [6.45, 7) is 14.2. The first-order valence-electron chi connectivity index (χ1n) is 10.2. The highest BCUT2D eigenvalue weighted by molar-refractivity contribution is 5.53. The van der Waals surface area contributed by atoms with Gasteiger partial charge in [-0.3, -0.25) is 0 Å². The minimum atomic E-state index is 0.0780. The number of hydrogen-bond donors (Lipinski definition) is 1. The fraction of sp³-hybridized carbons (Fsp3) is 0.462. The molecule has 0 heterocycles. The van der Waals surface area contributed by atoms with Gasteiger partial charge >= 0.3 is 0 Å². The van der Waals surface area contributed by atoms with Crippen LogP contribution in [0.5, 0.6) is 0 Å². The molecule has 0 bridgehead atoms. The molecule has 1 heteroatoms. The van der Waals surface area contributed by atoms with Gasteiger partial charge in [0.25, 0.3) is 0 Å². The maximum absolute atomic E-state index is 9.04. The Kier molecular flexibility index (Phi) is 5.36. The summed E-state index contributed by atoms with van der Waals surface area (Å²) in [6, 6.07) is 13.6. The van der Waals surface area contributed by atoms with Gasteiger partial charge in [-0.15, -0.1) is 0 Å². The standard InChI is InChI=1S/C26H34O/c1-18-15-23-24(26(5,6)13-12-25(23,3)4)17-22(18)19(2)21-11-7-9-20(16-21)10-8-14-27/h7-11,15-17,19,27H,12-14H2,1-6H3/b10-8+. The van der Waals surface area contributed by atoms with E-state index in [0.717, 1.165) is 5.56 Å². The Labute approximate surface area is 165 Å². The zero-order valence-corrected chi connectivity index (χ0v) is 17.8. The van der Waals surface area contributed by atoms with Crippen LogP contribution < -0.4 is 0 Å². The van der Waals surface area contributed by atoms with Crippen LogP contribution in [-0.4, -0.2) is 11.7 Å². The van der Waals surface area contributed by atoms with Crippen LogP contribution in [0.15, 0.2) is 42.5 Å². The summed E-state index contributed by atoms with van der Waals surface area (Å²) < 4.78 is 0. The molecule has 0 fully saturated rings. The normalized spacial score (nSPS) is 19.1. The van der Waals surface area contributed by atoms with E-state index in [4.69, 9.17) is 5.11 Å². The largest absolute Gasteiger partial charge is 0.392 e. The van der Waals surface area contributed by atoms with Gasteiger partial charge in [-0.1, -0.05) is 83.2 Å². The van der Waals surface area contributed by atoms with E-state index in [2.05, 4.69) is 77.9 Å². The monoisotopic (exact) mass is 362 g/mol. The Balaban J connectivity index is 2.06. The van der Waals surface area contributed by atoms with Crippen LogP contribution in [0.25, 0.3) is 6.08 Å². The average molecular weight is 363 g/mol. The lowest BCUT2D eigenvalue weighted by molar-refractivity contribution is 0.331. The number of aliphatic hydroxyl groups excluding tert-OH is 1. The lowest BCUT2D eigenvalue weighted by Crippen LogP contribution is -2.34. The van der Waals surface area contributed by atoms with Gasteiger partial charge in [-0.05, 0) is 64.0 Å². The van der Waals surface area contributed by atoms with E-state index < -0.39 is 0 Å². The van der Waals surface area contributed by atoms with E-state index in [9.17, 15) is 0 Å². The number of rotatable bonds is 4. The Morgan fingerprint density at radius 1 is 1.00 bits per heavy atom. The molecular weight excluding hydrogens is 328 g/mol. The second-order valence-electron chi connectivity index (χ2n) is 9.50. The highest BCUT2D eigenvalue weighted by Gasteiger charge is 2.37. The minimum absolute atomic E-state index is 0.0780. The van der Waals surface area contributed by atoms with Gasteiger partial charge in [0, 0.05) is 5.92 Å². The van der Waals surface area contributed by atoms with Gasteiger partial charge in [0.1, 0.15) is 0 Å². The molecule has 1 nitrogen and oxygen atoms in total. The van der Waals surface area contributed by atoms with Crippen molar-refractivity contribution in [1.82, 2.24) is 0 Å². The molecule has 0 saturated heterocycles. The van der Waals surface area contributed by atoms with E-state index in [0.29, 0.717) is 5.92 Å². The third-order valence-corrected chi connectivity index (χ3v) is 6.53. The summed E-state index contributed by atoms with van der Waals surface area (Å²) >= 11 is 0. The van der Waals surface area contributed by atoms with Gasteiger partial charge in [0.2, 0.25) is 0 Å². The first-order valence-corrected chi connectivity index (χ1v) is 10.2. The van der Waals surface area contributed by atoms with Gasteiger partial charge < -0.3 is 5.11 Å². The predicted octanol–water partition coefficient (Wildman–Crippen LogP) is 6.50. The van der Waals surface area contributed by atoms with Crippen molar-refractivity contribution in [2.45, 2.75) is 71.1 Å². The number of aliphatic hydroxyl groups is 1. The molecule has 0 amide bonds. The zero-order chi connectivity index (χ0) is 19.8. The third-order valence-electron chi connectivity index (χ3n) is 6.53. The van der Waals surface area contributed by atoms with E-state index in [1.165, 1.54) is 40.7 Å². The predicted molar refractivity (Wildman–Crippen MR) is 117 cm³/mol. The molecule has 2 aromatic rings. The van der Waals surface area contributed by atoms with Gasteiger partial charge in [-0.2, -0.15) is 0 Å². The highest BCUT2D eigenvalue weighted by atomic mass is 16.2. The van der Waals surface area contributed by atoms with Crippen LogP contribution in [-0.2, 0) is 10.8 Å². The molecule has 2 aromatic carbocycles. The topological polar surface area (TPSA) is 20.2 Å². The molecule has 1 N–H and O–H groups in total. The van der Waals surface area contributed by atoms with Crippen LogP contribution in [0.2, 0.25) is 0 Å². The first-order chi connectivity index (χ1) is 12.7. The van der Waals surface area contributed by atoms with E-state index in [1.807, 2.05) is 6.08 Å². The molecule has 27 heavy (non-hydrogen) atoms. The number of benzene rings is 2. The number of hydrogen-bond acceptors (Lipinski definition) is 1. The number of aryl methyl sites for hydroxylation is 1. The van der Waals surface area contributed by atoms with E-state index >= 15 is 0 Å². The molecule has 0 saturated carbocycles. The van der Waals surface area contributed by atoms with Crippen molar-refractivity contribution in [3.05, 3.63) is 75.9 Å². The van der Waals surface area contributed by atoms with Gasteiger partial charge in [0.05, 0.1) is 6.61 Å². The van der Waals surface area contributed by atoms with Gasteiger partial charge in [0.15, 0.2) is 0 Å². The molecule has 0 spiro atoms. The van der Waals surface area contributed by atoms with Crippen LogP contribution >= 0.6 is 0 Å². The lowest BCUT2D eigenvalue weighted by atomic mass is 9.62. The highest BCUT2D eigenvalue weighted by Crippen LogP contribution is 2.47. The average Bonchev–Trinajstić information content (AvgIpc) is 2.63.